The summed E-state index contributed by atoms with van der Waals surface area (Å²) in [6.07, 6.45) is 1.77. The van der Waals surface area contributed by atoms with Crippen LogP contribution >= 0.6 is 0 Å². The van der Waals surface area contributed by atoms with Gasteiger partial charge in [-0.1, -0.05) is 29.4 Å². The third-order valence-corrected chi connectivity index (χ3v) is 4.58. The highest BCUT2D eigenvalue weighted by atomic mass is 19.1. The van der Waals surface area contributed by atoms with Crippen LogP contribution in [0.3, 0.4) is 0 Å². The number of ether oxygens (including phenoxy) is 1. The lowest BCUT2D eigenvalue weighted by molar-refractivity contribution is -0.141. The summed E-state index contributed by atoms with van der Waals surface area (Å²) in [6, 6.07) is 14.0. The normalized spacial score (nSPS) is 18.6. The highest BCUT2D eigenvalue weighted by Gasteiger charge is 2.42. The van der Waals surface area contributed by atoms with Crippen LogP contribution in [0.5, 0.6) is 5.75 Å². The molecule has 6 heteroatoms. The quantitative estimate of drug-likeness (QED) is 0.760. The first-order valence-corrected chi connectivity index (χ1v) is 8.93. The topological polar surface area (TPSA) is 59.9 Å². The highest BCUT2D eigenvalue weighted by molar-refractivity contribution is 6.07. The van der Waals surface area contributed by atoms with Gasteiger partial charge in [-0.15, -0.1) is 0 Å². The van der Waals surface area contributed by atoms with Crippen LogP contribution in [0.4, 0.5) is 4.39 Å². The fourth-order valence-electron chi connectivity index (χ4n) is 3.06. The molecule has 142 valence electrons. The van der Waals surface area contributed by atoms with E-state index in [9.17, 15) is 9.18 Å². The van der Waals surface area contributed by atoms with E-state index in [2.05, 4.69) is 10.5 Å². The number of amides is 1. The molecule has 0 saturated carbocycles. The van der Waals surface area contributed by atoms with Gasteiger partial charge in [0.25, 0.3) is 5.91 Å². The Bertz CT molecular complexity index is 853. The van der Waals surface area contributed by atoms with E-state index in [0.717, 1.165) is 11.1 Å². The van der Waals surface area contributed by atoms with E-state index >= 15 is 0 Å². The SMILES string of the molecule is COc1ccccc1C1=NO[C@](C)(C(=O)NCCCc2cccc(F)c2)C1. The number of carbonyl (C=O) groups is 1. The molecule has 2 aromatic rings. The molecule has 0 spiro atoms. The standard InChI is InChI=1S/C21H23FN2O3/c1-21(14-18(24-27-21)17-10-3-4-11-19(17)26-2)20(25)23-12-6-8-15-7-5-9-16(22)13-15/h3-5,7,9-11,13H,6,8,12,14H2,1-2H3,(H,23,25)/t21-/m0/s1. The first-order valence-electron chi connectivity index (χ1n) is 8.93. The number of rotatable bonds is 7. The van der Waals surface area contributed by atoms with Gasteiger partial charge in [-0.25, -0.2) is 4.39 Å². The van der Waals surface area contributed by atoms with Crippen molar-refractivity contribution in [3.63, 3.8) is 0 Å². The Balaban J connectivity index is 1.52. The summed E-state index contributed by atoms with van der Waals surface area (Å²) in [6.45, 7) is 2.21. The van der Waals surface area contributed by atoms with E-state index in [1.807, 2.05) is 30.3 Å². The number of aryl methyl sites for hydroxylation is 1. The van der Waals surface area contributed by atoms with Gasteiger partial charge in [0.1, 0.15) is 11.6 Å². The summed E-state index contributed by atoms with van der Waals surface area (Å²) in [4.78, 5) is 18.0. The van der Waals surface area contributed by atoms with Gasteiger partial charge in [-0.3, -0.25) is 4.79 Å². The van der Waals surface area contributed by atoms with Crippen molar-refractivity contribution < 1.29 is 18.8 Å². The van der Waals surface area contributed by atoms with Crippen molar-refractivity contribution in [2.45, 2.75) is 31.8 Å². The van der Waals surface area contributed by atoms with E-state index < -0.39 is 5.60 Å². The third-order valence-electron chi connectivity index (χ3n) is 4.58. The molecule has 1 atom stereocenters. The van der Waals surface area contributed by atoms with Crippen molar-refractivity contribution in [2.75, 3.05) is 13.7 Å². The predicted molar refractivity (Wildman–Crippen MR) is 101 cm³/mol. The average molecular weight is 370 g/mol. The maximum absolute atomic E-state index is 13.2. The highest BCUT2D eigenvalue weighted by Crippen LogP contribution is 2.30. The number of hydrogen-bond acceptors (Lipinski definition) is 4. The number of para-hydroxylation sites is 1. The van der Waals surface area contributed by atoms with Crippen LogP contribution in [-0.2, 0) is 16.1 Å². The molecule has 3 rings (SSSR count). The predicted octanol–water partition coefficient (Wildman–Crippen LogP) is 3.47. The molecule has 5 nitrogen and oxygen atoms in total. The van der Waals surface area contributed by atoms with Gasteiger partial charge in [-0.2, -0.15) is 0 Å². The van der Waals surface area contributed by atoms with Gasteiger partial charge in [0.15, 0.2) is 0 Å². The van der Waals surface area contributed by atoms with Gasteiger partial charge >= 0.3 is 0 Å². The fraction of sp³-hybridized carbons (Fsp3) is 0.333. The molecule has 1 heterocycles. The zero-order valence-electron chi connectivity index (χ0n) is 15.5. The molecule has 1 N–H and O–H groups in total. The summed E-state index contributed by atoms with van der Waals surface area (Å²) < 4.78 is 18.5. The minimum atomic E-state index is -1.05. The zero-order chi connectivity index (χ0) is 19.3. The van der Waals surface area contributed by atoms with E-state index in [0.29, 0.717) is 37.3 Å². The molecule has 0 fully saturated rings. The third kappa shape index (κ3) is 4.45. The number of halogens is 1. The molecule has 1 aliphatic rings. The second-order valence-corrected chi connectivity index (χ2v) is 6.73. The van der Waals surface area contributed by atoms with Crippen molar-refractivity contribution in [3.8, 4) is 5.75 Å². The largest absolute Gasteiger partial charge is 0.496 e. The van der Waals surface area contributed by atoms with Crippen LogP contribution in [0.15, 0.2) is 53.7 Å². The van der Waals surface area contributed by atoms with Crippen molar-refractivity contribution >= 4 is 11.6 Å². The van der Waals surface area contributed by atoms with Gasteiger partial charge < -0.3 is 14.9 Å². The number of nitrogens with zero attached hydrogens (tertiary/aromatic N) is 1. The maximum Gasteiger partial charge on any atom is 0.267 e. The first-order chi connectivity index (χ1) is 13.0. The van der Waals surface area contributed by atoms with E-state index in [4.69, 9.17) is 9.57 Å². The maximum atomic E-state index is 13.2. The van der Waals surface area contributed by atoms with Crippen LogP contribution in [0.25, 0.3) is 0 Å². The summed E-state index contributed by atoms with van der Waals surface area (Å²) in [7, 11) is 1.60. The molecule has 1 amide bonds. The summed E-state index contributed by atoms with van der Waals surface area (Å²) >= 11 is 0. The number of nitrogens with one attached hydrogen (secondary N) is 1. The van der Waals surface area contributed by atoms with Crippen molar-refractivity contribution in [1.82, 2.24) is 5.32 Å². The number of methoxy groups -OCH3 is 1. The van der Waals surface area contributed by atoms with Crippen LogP contribution in [0, 0.1) is 5.82 Å². The molecule has 27 heavy (non-hydrogen) atoms. The molecule has 2 aromatic carbocycles. The Hall–Kier alpha value is -2.89. The van der Waals surface area contributed by atoms with Crippen LogP contribution in [0.2, 0.25) is 0 Å². The molecular formula is C21H23FN2O3. The molecular weight excluding hydrogens is 347 g/mol. The minimum Gasteiger partial charge on any atom is -0.496 e. The summed E-state index contributed by atoms with van der Waals surface area (Å²) in [5.41, 5.74) is 1.37. The minimum absolute atomic E-state index is 0.213. The van der Waals surface area contributed by atoms with Crippen molar-refractivity contribution in [3.05, 3.63) is 65.5 Å². The first kappa shape index (κ1) is 18.9. The average Bonchev–Trinajstić information content (AvgIpc) is 3.08. The van der Waals surface area contributed by atoms with E-state index in [-0.39, 0.29) is 11.7 Å². The number of oxime groups is 1. The Morgan fingerprint density at radius 1 is 1.30 bits per heavy atom. The molecule has 0 bridgehead atoms. The van der Waals surface area contributed by atoms with Crippen molar-refractivity contribution in [2.24, 2.45) is 5.16 Å². The van der Waals surface area contributed by atoms with Crippen LogP contribution in [0.1, 0.15) is 30.9 Å². The fourth-order valence-corrected chi connectivity index (χ4v) is 3.06. The van der Waals surface area contributed by atoms with Gasteiger partial charge in [0.2, 0.25) is 5.60 Å². The van der Waals surface area contributed by atoms with Gasteiger partial charge in [0, 0.05) is 18.5 Å². The Morgan fingerprint density at radius 2 is 2.11 bits per heavy atom. The van der Waals surface area contributed by atoms with Crippen LogP contribution < -0.4 is 10.1 Å². The van der Waals surface area contributed by atoms with Gasteiger partial charge in [0.05, 0.1) is 12.8 Å². The second kappa shape index (κ2) is 8.20. The Kier molecular flexibility index (Phi) is 5.74. The molecule has 0 aliphatic carbocycles. The van der Waals surface area contributed by atoms with Crippen molar-refractivity contribution in [1.29, 1.82) is 0 Å². The van der Waals surface area contributed by atoms with Gasteiger partial charge in [-0.05, 0) is 49.6 Å². The number of benzene rings is 2. The smallest absolute Gasteiger partial charge is 0.267 e. The van der Waals surface area contributed by atoms with E-state index in [1.165, 1.54) is 12.1 Å². The Labute approximate surface area is 158 Å². The van der Waals surface area contributed by atoms with Crippen LogP contribution in [-0.4, -0.2) is 30.9 Å². The lowest BCUT2D eigenvalue weighted by Crippen LogP contribution is -2.45. The monoisotopic (exact) mass is 370 g/mol. The molecule has 0 aromatic heterocycles. The second-order valence-electron chi connectivity index (χ2n) is 6.73. The molecule has 0 radical (unpaired) electrons. The molecule has 0 saturated heterocycles. The number of hydrogen-bond donors (Lipinski definition) is 1. The molecule has 1 aliphatic heterocycles. The summed E-state index contributed by atoms with van der Waals surface area (Å²) in [5.74, 6) is 0.236. The summed E-state index contributed by atoms with van der Waals surface area (Å²) in [5, 5.41) is 7.00. The molecule has 0 unspecified atom stereocenters. The Morgan fingerprint density at radius 3 is 2.89 bits per heavy atom. The number of carbonyl (C=O) groups excluding carboxylic acids is 1. The zero-order valence-corrected chi connectivity index (χ0v) is 15.5. The lowest BCUT2D eigenvalue weighted by atomic mass is 9.94. The lowest BCUT2D eigenvalue weighted by Gasteiger charge is -2.20. The van der Waals surface area contributed by atoms with E-state index in [1.54, 1.807) is 20.1 Å².